The van der Waals surface area contributed by atoms with E-state index in [1.807, 2.05) is 0 Å². The van der Waals surface area contributed by atoms with Crippen molar-refractivity contribution in [1.82, 2.24) is 14.9 Å². The van der Waals surface area contributed by atoms with Crippen LogP contribution in [0.1, 0.15) is 26.0 Å². The highest BCUT2D eigenvalue weighted by atomic mass is 32.1. The van der Waals surface area contributed by atoms with Gasteiger partial charge in [0, 0.05) is 32.2 Å². The van der Waals surface area contributed by atoms with Crippen molar-refractivity contribution in [1.29, 1.82) is 0 Å². The topological polar surface area (TPSA) is 58.3 Å². The summed E-state index contributed by atoms with van der Waals surface area (Å²) in [5.41, 5.74) is 6.10. The van der Waals surface area contributed by atoms with Gasteiger partial charge in [-0.1, -0.05) is 19.1 Å². The van der Waals surface area contributed by atoms with Crippen LogP contribution >= 0.6 is 12.2 Å². The molecule has 0 bridgehead atoms. The van der Waals surface area contributed by atoms with Gasteiger partial charge < -0.3 is 10.6 Å². The van der Waals surface area contributed by atoms with Crippen LogP contribution in [-0.4, -0.2) is 52.1 Å². The molecule has 6 heteroatoms. The van der Waals surface area contributed by atoms with Gasteiger partial charge in [0.1, 0.15) is 16.5 Å². The first-order valence-electron chi connectivity index (χ1n) is 6.72. The third-order valence-corrected chi connectivity index (χ3v) is 3.95. The molecule has 0 aliphatic carbocycles. The van der Waals surface area contributed by atoms with E-state index in [1.54, 1.807) is 12.4 Å². The number of hydrogen-bond donors (Lipinski definition) is 1. The Morgan fingerprint density at radius 1 is 1.32 bits per heavy atom. The molecule has 1 aliphatic heterocycles. The van der Waals surface area contributed by atoms with Crippen molar-refractivity contribution < 1.29 is 0 Å². The number of anilines is 1. The van der Waals surface area contributed by atoms with Gasteiger partial charge in [0.15, 0.2) is 0 Å². The van der Waals surface area contributed by atoms with Crippen LogP contribution in [0.3, 0.4) is 0 Å². The number of thiocarbonyl (C=S) groups is 1. The molecule has 0 aromatic carbocycles. The van der Waals surface area contributed by atoms with Gasteiger partial charge >= 0.3 is 0 Å². The van der Waals surface area contributed by atoms with Crippen molar-refractivity contribution >= 4 is 23.0 Å². The number of rotatable bonds is 4. The van der Waals surface area contributed by atoms with E-state index < -0.39 is 0 Å². The summed E-state index contributed by atoms with van der Waals surface area (Å²) in [6, 6.07) is 0.658. The Kier molecular flexibility index (Phi) is 4.66. The Labute approximate surface area is 119 Å². The molecule has 1 aliphatic rings. The van der Waals surface area contributed by atoms with Crippen LogP contribution in [0.15, 0.2) is 12.4 Å². The van der Waals surface area contributed by atoms with Crippen LogP contribution in [0.4, 0.5) is 5.82 Å². The molecule has 0 radical (unpaired) electrons. The zero-order valence-corrected chi connectivity index (χ0v) is 12.4. The van der Waals surface area contributed by atoms with E-state index in [4.69, 9.17) is 18.0 Å². The Morgan fingerprint density at radius 3 is 2.47 bits per heavy atom. The molecule has 104 valence electrons. The van der Waals surface area contributed by atoms with E-state index >= 15 is 0 Å². The normalized spacial score (nSPS) is 18.3. The third-order valence-electron chi connectivity index (χ3n) is 3.74. The average Bonchev–Trinajstić information content (AvgIpc) is 2.46. The second kappa shape index (κ2) is 6.25. The maximum absolute atomic E-state index is 5.52. The number of aromatic nitrogens is 2. The zero-order chi connectivity index (χ0) is 13.8. The lowest BCUT2D eigenvalue weighted by molar-refractivity contribution is 0.192. The molecular weight excluding hydrogens is 258 g/mol. The zero-order valence-electron chi connectivity index (χ0n) is 11.5. The summed E-state index contributed by atoms with van der Waals surface area (Å²) in [4.78, 5) is 13.7. The first-order chi connectivity index (χ1) is 9.11. The highest BCUT2D eigenvalue weighted by Crippen LogP contribution is 2.14. The largest absolute Gasteiger partial charge is 0.388 e. The maximum Gasteiger partial charge on any atom is 0.147 e. The summed E-state index contributed by atoms with van der Waals surface area (Å²) in [7, 11) is 0. The number of nitrogens with zero attached hydrogens (tertiary/aromatic N) is 4. The molecule has 1 saturated heterocycles. The lowest BCUT2D eigenvalue weighted by Crippen LogP contribution is -2.49. The fourth-order valence-electron chi connectivity index (χ4n) is 2.26. The second-order valence-electron chi connectivity index (χ2n) is 4.90. The number of nitrogens with two attached hydrogens (primary N) is 1. The van der Waals surface area contributed by atoms with Gasteiger partial charge in [-0.15, -0.1) is 0 Å². The minimum absolute atomic E-state index is 0.292. The Bertz CT molecular complexity index is 425. The van der Waals surface area contributed by atoms with E-state index in [0.29, 0.717) is 16.7 Å². The SMILES string of the molecule is CCC(C)N1CCN(c2cnc(C(N)=S)cn2)CC1. The fraction of sp³-hybridized carbons (Fsp3) is 0.615. The molecule has 2 heterocycles. The Balaban J connectivity index is 1.96. The van der Waals surface area contributed by atoms with Crippen molar-refractivity contribution in [3.8, 4) is 0 Å². The van der Waals surface area contributed by atoms with Crippen LogP contribution in [0.2, 0.25) is 0 Å². The lowest BCUT2D eigenvalue weighted by Gasteiger charge is -2.38. The van der Waals surface area contributed by atoms with Crippen LogP contribution < -0.4 is 10.6 Å². The summed E-state index contributed by atoms with van der Waals surface area (Å²) in [6.45, 7) is 8.65. The van der Waals surface area contributed by atoms with Crippen LogP contribution in [-0.2, 0) is 0 Å². The Morgan fingerprint density at radius 2 is 2.00 bits per heavy atom. The molecule has 2 rings (SSSR count). The second-order valence-corrected chi connectivity index (χ2v) is 5.34. The third kappa shape index (κ3) is 3.39. The van der Waals surface area contributed by atoms with Crippen molar-refractivity contribution in [2.45, 2.75) is 26.3 Å². The molecule has 0 amide bonds. The van der Waals surface area contributed by atoms with E-state index in [-0.39, 0.29) is 0 Å². The van der Waals surface area contributed by atoms with E-state index in [9.17, 15) is 0 Å². The van der Waals surface area contributed by atoms with Gasteiger partial charge in [-0.25, -0.2) is 9.97 Å². The van der Waals surface area contributed by atoms with Gasteiger partial charge in [-0.2, -0.15) is 0 Å². The molecule has 2 N–H and O–H groups in total. The first-order valence-corrected chi connectivity index (χ1v) is 7.13. The summed E-state index contributed by atoms with van der Waals surface area (Å²) in [5.74, 6) is 0.906. The number of hydrogen-bond acceptors (Lipinski definition) is 5. The molecule has 0 spiro atoms. The molecule has 0 saturated carbocycles. The minimum atomic E-state index is 0.292. The maximum atomic E-state index is 5.52. The van der Waals surface area contributed by atoms with E-state index in [0.717, 1.165) is 32.0 Å². The molecule has 19 heavy (non-hydrogen) atoms. The molecule has 1 fully saturated rings. The summed E-state index contributed by atoms with van der Waals surface area (Å²) >= 11 is 4.87. The van der Waals surface area contributed by atoms with Crippen molar-refractivity contribution in [2.24, 2.45) is 5.73 Å². The van der Waals surface area contributed by atoms with Gasteiger partial charge in [0.25, 0.3) is 0 Å². The first kappa shape index (κ1) is 14.1. The quantitative estimate of drug-likeness (QED) is 0.831. The summed E-state index contributed by atoms with van der Waals surface area (Å²) < 4.78 is 0. The van der Waals surface area contributed by atoms with E-state index in [2.05, 4.69) is 33.6 Å². The van der Waals surface area contributed by atoms with Gasteiger partial charge in [0.05, 0.1) is 12.4 Å². The van der Waals surface area contributed by atoms with Gasteiger partial charge in [-0.3, -0.25) is 4.90 Å². The summed E-state index contributed by atoms with van der Waals surface area (Å²) in [5, 5.41) is 0. The van der Waals surface area contributed by atoms with Crippen LogP contribution in [0.5, 0.6) is 0 Å². The van der Waals surface area contributed by atoms with Crippen molar-refractivity contribution in [3.63, 3.8) is 0 Å². The highest BCUT2D eigenvalue weighted by molar-refractivity contribution is 7.80. The van der Waals surface area contributed by atoms with Crippen molar-refractivity contribution in [3.05, 3.63) is 18.1 Å². The predicted octanol–water partition coefficient (Wildman–Crippen LogP) is 1.03. The fourth-order valence-corrected chi connectivity index (χ4v) is 2.37. The van der Waals surface area contributed by atoms with Crippen LogP contribution in [0, 0.1) is 0 Å². The smallest absolute Gasteiger partial charge is 0.147 e. The molecule has 1 unspecified atom stereocenters. The standard InChI is InChI=1S/C13H21N5S/c1-3-10(2)17-4-6-18(7-5-17)12-9-15-11(8-16-12)13(14)19/h8-10H,3-7H2,1-2H3,(H2,14,19). The van der Waals surface area contributed by atoms with E-state index in [1.165, 1.54) is 6.42 Å². The lowest BCUT2D eigenvalue weighted by atomic mass is 10.2. The predicted molar refractivity (Wildman–Crippen MR) is 81.5 cm³/mol. The summed E-state index contributed by atoms with van der Waals surface area (Å²) in [6.07, 6.45) is 4.61. The van der Waals surface area contributed by atoms with Crippen molar-refractivity contribution in [2.75, 3.05) is 31.1 Å². The monoisotopic (exact) mass is 279 g/mol. The number of piperazine rings is 1. The average molecular weight is 279 g/mol. The minimum Gasteiger partial charge on any atom is -0.388 e. The Hall–Kier alpha value is -1.27. The highest BCUT2D eigenvalue weighted by Gasteiger charge is 2.21. The molecule has 1 atom stereocenters. The van der Waals surface area contributed by atoms with Gasteiger partial charge in [-0.05, 0) is 13.3 Å². The molecule has 1 aromatic heterocycles. The molecular formula is C13H21N5S. The molecule has 5 nitrogen and oxygen atoms in total. The van der Waals surface area contributed by atoms with Gasteiger partial charge in [0.2, 0.25) is 0 Å². The molecule has 1 aromatic rings. The van der Waals surface area contributed by atoms with Crippen LogP contribution in [0.25, 0.3) is 0 Å².